The topological polar surface area (TPSA) is 53.5 Å². The molecular weight excluding hydrogens is 326 g/mol. The highest BCUT2D eigenvalue weighted by atomic mass is 16.2. The number of hydrogen-bond donors (Lipinski definition) is 0. The van der Waals surface area contributed by atoms with Crippen LogP contribution in [0.1, 0.15) is 36.5 Å². The molecular formula is C21H25N3O2. The summed E-state index contributed by atoms with van der Waals surface area (Å²) in [4.78, 5) is 32.8. The molecule has 2 fully saturated rings. The lowest BCUT2D eigenvalue weighted by Crippen LogP contribution is -2.54. The molecule has 0 aliphatic carbocycles. The van der Waals surface area contributed by atoms with Gasteiger partial charge in [-0.1, -0.05) is 18.6 Å². The molecule has 1 atom stereocenters. The molecule has 2 aromatic rings. The highest BCUT2D eigenvalue weighted by Crippen LogP contribution is 2.31. The highest BCUT2D eigenvalue weighted by molar-refractivity contribution is 5.98. The number of rotatable bonds is 2. The van der Waals surface area contributed by atoms with Crippen LogP contribution in [0, 0.1) is 11.8 Å². The van der Waals surface area contributed by atoms with E-state index in [0.717, 1.165) is 49.9 Å². The van der Waals surface area contributed by atoms with Gasteiger partial charge in [0, 0.05) is 50.2 Å². The molecule has 3 heterocycles. The number of pyridine rings is 1. The van der Waals surface area contributed by atoms with Gasteiger partial charge in [0.05, 0.1) is 5.52 Å². The normalized spacial score (nSPS) is 21.3. The van der Waals surface area contributed by atoms with Crippen molar-refractivity contribution in [3.63, 3.8) is 0 Å². The number of carbonyl (C=O) groups excluding carboxylic acids is 2. The van der Waals surface area contributed by atoms with Gasteiger partial charge in [0.15, 0.2) is 0 Å². The molecule has 0 bridgehead atoms. The quantitative estimate of drug-likeness (QED) is 0.836. The Kier molecular flexibility index (Phi) is 4.62. The number of hydrogen-bond acceptors (Lipinski definition) is 3. The third-order valence-corrected chi connectivity index (χ3v) is 5.87. The van der Waals surface area contributed by atoms with Crippen LogP contribution in [0.25, 0.3) is 10.9 Å². The Balaban J connectivity index is 1.40. The SMILES string of the molecule is CC(=O)N1CCCCC(C2CN(C(=O)c3ccc4cccnc4c3)C2)C1. The standard InChI is InChI=1S/C21H25N3O2/c1-15(25)23-10-3-2-5-18(12-23)19-13-24(14-19)21(26)17-8-7-16-6-4-9-22-20(16)11-17/h4,6-9,11,18-19H,2-3,5,10,12-14H2,1H3. The van der Waals surface area contributed by atoms with E-state index in [1.165, 1.54) is 6.42 Å². The maximum Gasteiger partial charge on any atom is 0.253 e. The molecule has 5 heteroatoms. The van der Waals surface area contributed by atoms with Crippen molar-refractivity contribution < 1.29 is 9.59 Å². The maximum absolute atomic E-state index is 12.8. The van der Waals surface area contributed by atoms with E-state index in [0.29, 0.717) is 17.4 Å². The van der Waals surface area contributed by atoms with E-state index in [4.69, 9.17) is 0 Å². The zero-order chi connectivity index (χ0) is 18.1. The monoisotopic (exact) mass is 351 g/mol. The Labute approximate surface area is 154 Å². The lowest BCUT2D eigenvalue weighted by Gasteiger charge is -2.44. The second kappa shape index (κ2) is 7.06. The summed E-state index contributed by atoms with van der Waals surface area (Å²) in [5.41, 5.74) is 1.57. The molecule has 2 aliphatic heterocycles. The molecule has 2 aliphatic rings. The fourth-order valence-electron chi connectivity index (χ4n) is 4.20. The Morgan fingerprint density at radius 1 is 1.04 bits per heavy atom. The van der Waals surface area contributed by atoms with Crippen LogP contribution < -0.4 is 0 Å². The van der Waals surface area contributed by atoms with Crippen LogP contribution >= 0.6 is 0 Å². The molecule has 5 nitrogen and oxygen atoms in total. The zero-order valence-corrected chi connectivity index (χ0v) is 15.2. The lowest BCUT2D eigenvalue weighted by atomic mass is 9.82. The first-order chi connectivity index (χ1) is 12.6. The fourth-order valence-corrected chi connectivity index (χ4v) is 4.20. The van der Waals surface area contributed by atoms with Crippen LogP contribution in [0.5, 0.6) is 0 Å². The summed E-state index contributed by atoms with van der Waals surface area (Å²) in [6.07, 6.45) is 5.18. The Morgan fingerprint density at radius 3 is 2.65 bits per heavy atom. The van der Waals surface area contributed by atoms with Gasteiger partial charge >= 0.3 is 0 Å². The molecule has 2 saturated heterocycles. The van der Waals surface area contributed by atoms with Crippen LogP contribution in [0.4, 0.5) is 0 Å². The van der Waals surface area contributed by atoms with Gasteiger partial charge in [-0.25, -0.2) is 0 Å². The van der Waals surface area contributed by atoms with Crippen molar-refractivity contribution in [1.29, 1.82) is 0 Å². The van der Waals surface area contributed by atoms with Crippen LogP contribution in [0.2, 0.25) is 0 Å². The van der Waals surface area contributed by atoms with Gasteiger partial charge < -0.3 is 9.80 Å². The molecule has 0 N–H and O–H groups in total. The smallest absolute Gasteiger partial charge is 0.253 e. The predicted molar refractivity (Wildman–Crippen MR) is 101 cm³/mol. The number of amides is 2. The third-order valence-electron chi connectivity index (χ3n) is 5.87. The molecule has 26 heavy (non-hydrogen) atoms. The van der Waals surface area contributed by atoms with Crippen molar-refractivity contribution in [2.24, 2.45) is 11.8 Å². The van der Waals surface area contributed by atoms with Crippen molar-refractivity contribution in [2.45, 2.75) is 26.2 Å². The van der Waals surface area contributed by atoms with Crippen molar-refractivity contribution in [2.75, 3.05) is 26.2 Å². The Hall–Kier alpha value is -2.43. The van der Waals surface area contributed by atoms with Crippen LogP contribution in [-0.2, 0) is 4.79 Å². The van der Waals surface area contributed by atoms with Gasteiger partial charge in [-0.3, -0.25) is 14.6 Å². The highest BCUT2D eigenvalue weighted by Gasteiger charge is 2.37. The molecule has 4 rings (SSSR count). The van der Waals surface area contributed by atoms with E-state index >= 15 is 0 Å². The minimum atomic E-state index is 0.0887. The molecule has 0 spiro atoms. The largest absolute Gasteiger partial charge is 0.343 e. The predicted octanol–water partition coefficient (Wildman–Crippen LogP) is 2.96. The van der Waals surface area contributed by atoms with Crippen LogP contribution in [0.3, 0.4) is 0 Å². The molecule has 2 amide bonds. The minimum absolute atomic E-state index is 0.0887. The summed E-state index contributed by atoms with van der Waals surface area (Å²) in [7, 11) is 0. The molecule has 0 saturated carbocycles. The van der Waals surface area contributed by atoms with Crippen molar-refractivity contribution in [3.8, 4) is 0 Å². The summed E-state index contributed by atoms with van der Waals surface area (Å²) in [6, 6.07) is 9.64. The van der Waals surface area contributed by atoms with Crippen LogP contribution in [-0.4, -0.2) is 52.8 Å². The fraction of sp³-hybridized carbons (Fsp3) is 0.476. The summed E-state index contributed by atoms with van der Waals surface area (Å²) in [5.74, 6) is 1.29. The van der Waals surface area contributed by atoms with Crippen molar-refractivity contribution >= 4 is 22.7 Å². The second-order valence-corrected chi connectivity index (χ2v) is 7.60. The van der Waals surface area contributed by atoms with Crippen LogP contribution in [0.15, 0.2) is 36.5 Å². The lowest BCUT2D eigenvalue weighted by molar-refractivity contribution is -0.129. The average Bonchev–Trinajstić information content (AvgIpc) is 2.86. The molecule has 0 radical (unpaired) electrons. The maximum atomic E-state index is 12.8. The van der Waals surface area contributed by atoms with Gasteiger partial charge in [0.2, 0.25) is 5.91 Å². The van der Waals surface area contributed by atoms with E-state index in [9.17, 15) is 9.59 Å². The molecule has 1 aromatic heterocycles. The number of nitrogens with zero attached hydrogens (tertiary/aromatic N) is 3. The first-order valence-electron chi connectivity index (χ1n) is 9.51. The number of fused-ring (bicyclic) bond motifs is 1. The van der Waals surface area contributed by atoms with Gasteiger partial charge in [-0.05, 0) is 42.9 Å². The number of benzene rings is 1. The zero-order valence-electron chi connectivity index (χ0n) is 15.2. The van der Waals surface area contributed by atoms with Crippen molar-refractivity contribution in [3.05, 3.63) is 42.1 Å². The van der Waals surface area contributed by atoms with E-state index in [2.05, 4.69) is 4.98 Å². The van der Waals surface area contributed by atoms with E-state index < -0.39 is 0 Å². The Morgan fingerprint density at radius 2 is 1.85 bits per heavy atom. The van der Waals surface area contributed by atoms with Gasteiger partial charge in [0.1, 0.15) is 0 Å². The second-order valence-electron chi connectivity index (χ2n) is 7.60. The van der Waals surface area contributed by atoms with Crippen molar-refractivity contribution in [1.82, 2.24) is 14.8 Å². The summed E-state index contributed by atoms with van der Waals surface area (Å²) < 4.78 is 0. The van der Waals surface area contributed by atoms with Gasteiger partial charge in [-0.15, -0.1) is 0 Å². The number of carbonyl (C=O) groups is 2. The van der Waals surface area contributed by atoms with E-state index in [1.54, 1.807) is 13.1 Å². The van der Waals surface area contributed by atoms with E-state index in [-0.39, 0.29) is 11.8 Å². The first kappa shape index (κ1) is 17.0. The van der Waals surface area contributed by atoms with Gasteiger partial charge in [-0.2, -0.15) is 0 Å². The number of likely N-dealkylation sites (tertiary alicyclic amines) is 2. The van der Waals surface area contributed by atoms with Gasteiger partial charge in [0.25, 0.3) is 5.91 Å². The Bertz CT molecular complexity index is 829. The first-order valence-corrected chi connectivity index (χ1v) is 9.51. The molecule has 136 valence electrons. The molecule has 1 aromatic carbocycles. The molecule has 1 unspecified atom stereocenters. The summed E-state index contributed by atoms with van der Waals surface area (Å²) in [6.45, 7) is 4.99. The average molecular weight is 351 g/mol. The summed E-state index contributed by atoms with van der Waals surface area (Å²) >= 11 is 0. The third kappa shape index (κ3) is 3.30. The minimum Gasteiger partial charge on any atom is -0.343 e. The van der Waals surface area contributed by atoms with E-state index in [1.807, 2.05) is 40.1 Å². The summed E-state index contributed by atoms with van der Waals surface area (Å²) in [5, 5.41) is 1.05. The number of aromatic nitrogens is 1.